The van der Waals surface area contributed by atoms with Gasteiger partial charge in [0.15, 0.2) is 0 Å². The molecule has 0 fully saturated rings. The molecule has 1 N–H and O–H groups in total. The number of benzene rings is 1. The number of hydrogen-bond acceptors (Lipinski definition) is 5. The molecule has 1 heterocycles. The second kappa shape index (κ2) is 9.06. The Morgan fingerprint density at radius 2 is 1.97 bits per heavy atom. The van der Waals surface area contributed by atoms with E-state index in [1.165, 1.54) is 5.57 Å². The van der Waals surface area contributed by atoms with Gasteiger partial charge in [0.2, 0.25) is 0 Å². The molecule has 0 saturated heterocycles. The van der Waals surface area contributed by atoms with E-state index in [0.29, 0.717) is 24.0 Å². The molecule has 0 radical (unpaired) electrons. The van der Waals surface area contributed by atoms with Gasteiger partial charge in [0.25, 0.3) is 5.09 Å². The second-order valence-electron chi connectivity index (χ2n) is 9.01. The van der Waals surface area contributed by atoms with E-state index >= 15 is 0 Å². The second-order valence-corrected chi connectivity index (χ2v) is 9.01. The lowest BCUT2D eigenvalue weighted by Gasteiger charge is -2.47. The first-order valence-electron chi connectivity index (χ1n) is 10.8. The minimum Gasteiger partial charge on any atom is -0.508 e. The van der Waals surface area contributed by atoms with Crippen molar-refractivity contribution in [2.45, 2.75) is 83.7 Å². The molecule has 2 atom stereocenters. The van der Waals surface area contributed by atoms with Crippen LogP contribution >= 0.6 is 0 Å². The Morgan fingerprint density at radius 3 is 2.72 bits per heavy atom. The fourth-order valence-corrected chi connectivity index (χ4v) is 4.86. The highest BCUT2D eigenvalue weighted by Gasteiger charge is 2.45. The Kier molecular flexibility index (Phi) is 6.70. The van der Waals surface area contributed by atoms with Gasteiger partial charge in [0.1, 0.15) is 17.1 Å². The van der Waals surface area contributed by atoms with Gasteiger partial charge >= 0.3 is 0 Å². The van der Waals surface area contributed by atoms with E-state index in [1.54, 1.807) is 0 Å². The monoisotopic (exact) mass is 403 g/mol. The number of ether oxygens (including phenoxy) is 1. The first-order valence-corrected chi connectivity index (χ1v) is 10.8. The molecule has 0 saturated carbocycles. The number of phenols is 1. The summed E-state index contributed by atoms with van der Waals surface area (Å²) in [6, 6.07) is 4.03. The van der Waals surface area contributed by atoms with Crippen LogP contribution < -0.4 is 4.74 Å². The zero-order valence-corrected chi connectivity index (χ0v) is 17.8. The lowest BCUT2D eigenvalue weighted by molar-refractivity contribution is -0.757. The molecule has 1 aromatic carbocycles. The number of rotatable bonds is 9. The van der Waals surface area contributed by atoms with Crippen molar-refractivity contribution in [2.24, 2.45) is 5.92 Å². The number of phenolic OH excluding ortho intramolecular Hbond substituents is 1. The smallest absolute Gasteiger partial charge is 0.294 e. The number of allylic oxidation sites excluding steroid dienone is 2. The fraction of sp³-hybridized carbons (Fsp3) is 0.652. The van der Waals surface area contributed by atoms with Crippen molar-refractivity contribution >= 4 is 0 Å². The van der Waals surface area contributed by atoms with Crippen molar-refractivity contribution in [1.29, 1.82) is 0 Å². The molecular weight excluding hydrogens is 370 g/mol. The number of fused-ring (bicyclic) bond motifs is 3. The minimum atomic E-state index is -0.737. The predicted octanol–water partition coefficient (Wildman–Crippen LogP) is 5.70. The van der Waals surface area contributed by atoms with Crippen molar-refractivity contribution in [2.75, 3.05) is 6.61 Å². The summed E-state index contributed by atoms with van der Waals surface area (Å²) in [5.41, 5.74) is 3.24. The van der Waals surface area contributed by atoms with Gasteiger partial charge in [-0.05, 0) is 70.6 Å². The summed E-state index contributed by atoms with van der Waals surface area (Å²) in [4.78, 5) is 14.4. The van der Waals surface area contributed by atoms with Crippen LogP contribution in [0.4, 0.5) is 0 Å². The molecule has 3 rings (SSSR count). The Bertz CT molecular complexity index is 771. The molecule has 29 heavy (non-hydrogen) atoms. The largest absolute Gasteiger partial charge is 0.508 e. The first-order chi connectivity index (χ1) is 13.8. The van der Waals surface area contributed by atoms with Crippen LogP contribution in [0.5, 0.6) is 11.5 Å². The van der Waals surface area contributed by atoms with E-state index in [-0.39, 0.29) is 12.2 Å². The molecular formula is C23H33NO5. The van der Waals surface area contributed by atoms with Crippen molar-refractivity contribution in [3.05, 3.63) is 45.0 Å². The standard InChI is InChI=1S/C23H33NO5/c1-16-10-11-19-18(13-16)22-20(25)14-17(15-21(22)29-23(19,2)3)9-7-5-4-6-8-12-28-24(26)27/h10,14-15,18-19,25H,4-9,11-13H2,1-3H3/t18-,19-/m1/s1. The fourth-order valence-electron chi connectivity index (χ4n) is 4.86. The normalized spacial score (nSPS) is 22.1. The van der Waals surface area contributed by atoms with E-state index in [9.17, 15) is 15.2 Å². The zero-order chi connectivity index (χ0) is 21.0. The first kappa shape index (κ1) is 21.5. The van der Waals surface area contributed by atoms with Crippen molar-refractivity contribution < 1.29 is 19.8 Å². The number of aryl methyl sites for hydroxylation is 1. The molecule has 2 aliphatic rings. The van der Waals surface area contributed by atoms with Gasteiger partial charge in [-0.1, -0.05) is 30.9 Å². The van der Waals surface area contributed by atoms with Gasteiger partial charge in [-0.3, -0.25) is 0 Å². The molecule has 6 heteroatoms. The Hall–Kier alpha value is -2.24. The van der Waals surface area contributed by atoms with Gasteiger partial charge in [0, 0.05) is 17.4 Å². The average Bonchev–Trinajstić information content (AvgIpc) is 2.62. The lowest BCUT2D eigenvalue weighted by atomic mass is 9.67. The quantitative estimate of drug-likeness (QED) is 0.247. The molecule has 0 amide bonds. The summed E-state index contributed by atoms with van der Waals surface area (Å²) in [5, 5.41) is 20.2. The average molecular weight is 404 g/mol. The maximum absolute atomic E-state index is 10.8. The van der Waals surface area contributed by atoms with E-state index in [1.807, 2.05) is 6.07 Å². The number of hydrogen-bond donors (Lipinski definition) is 1. The van der Waals surface area contributed by atoms with Crippen LogP contribution in [-0.4, -0.2) is 22.4 Å². The SMILES string of the molecule is CC1=CC[C@@H]2[C@@H](C1)c1c(O)cc(CCCCCCCO[N+](=O)[O-])cc1OC2(C)C. The summed E-state index contributed by atoms with van der Waals surface area (Å²) < 4.78 is 6.38. The number of nitrogens with zero attached hydrogens (tertiary/aromatic N) is 1. The molecule has 6 nitrogen and oxygen atoms in total. The predicted molar refractivity (Wildman–Crippen MR) is 112 cm³/mol. The van der Waals surface area contributed by atoms with Crippen LogP contribution in [0.15, 0.2) is 23.8 Å². The molecule has 160 valence electrons. The highest BCUT2D eigenvalue weighted by molar-refractivity contribution is 5.52. The molecule has 0 unspecified atom stereocenters. The third-order valence-electron chi connectivity index (χ3n) is 6.37. The van der Waals surface area contributed by atoms with E-state index in [4.69, 9.17) is 4.74 Å². The number of aromatic hydroxyl groups is 1. The van der Waals surface area contributed by atoms with E-state index in [2.05, 4.69) is 37.8 Å². The Labute approximate surface area is 173 Å². The Balaban J connectivity index is 1.58. The minimum absolute atomic E-state index is 0.176. The summed E-state index contributed by atoms with van der Waals surface area (Å²) in [5.74, 6) is 1.91. The highest BCUT2D eigenvalue weighted by atomic mass is 16.9. The maximum atomic E-state index is 10.8. The molecule has 0 bridgehead atoms. The molecule has 0 spiro atoms. The van der Waals surface area contributed by atoms with Crippen LogP contribution in [-0.2, 0) is 11.3 Å². The number of unbranched alkanes of at least 4 members (excludes halogenated alkanes) is 4. The third-order valence-corrected chi connectivity index (χ3v) is 6.37. The zero-order valence-electron chi connectivity index (χ0n) is 17.8. The molecule has 1 aliphatic carbocycles. The van der Waals surface area contributed by atoms with Crippen LogP contribution in [0.2, 0.25) is 0 Å². The van der Waals surface area contributed by atoms with Gasteiger partial charge in [0.05, 0.1) is 6.61 Å². The van der Waals surface area contributed by atoms with Gasteiger partial charge in [-0.2, -0.15) is 0 Å². The third kappa shape index (κ3) is 5.22. The van der Waals surface area contributed by atoms with Gasteiger partial charge in [-0.25, -0.2) is 0 Å². The molecule has 0 aromatic heterocycles. The lowest BCUT2D eigenvalue weighted by Crippen LogP contribution is -2.45. The maximum Gasteiger partial charge on any atom is 0.294 e. The molecule has 1 aromatic rings. The van der Waals surface area contributed by atoms with Crippen molar-refractivity contribution in [1.82, 2.24) is 0 Å². The highest BCUT2D eigenvalue weighted by Crippen LogP contribution is 2.54. The molecule has 1 aliphatic heterocycles. The van der Waals surface area contributed by atoms with Gasteiger partial charge < -0.3 is 14.7 Å². The van der Waals surface area contributed by atoms with E-state index < -0.39 is 5.09 Å². The van der Waals surface area contributed by atoms with Crippen LogP contribution in [0, 0.1) is 16.0 Å². The summed E-state index contributed by atoms with van der Waals surface area (Å²) in [6.45, 7) is 6.67. The summed E-state index contributed by atoms with van der Waals surface area (Å²) in [7, 11) is 0. The van der Waals surface area contributed by atoms with E-state index in [0.717, 1.165) is 61.8 Å². The Morgan fingerprint density at radius 1 is 1.24 bits per heavy atom. The van der Waals surface area contributed by atoms with Gasteiger partial charge in [-0.15, -0.1) is 10.1 Å². The van der Waals surface area contributed by atoms with Crippen molar-refractivity contribution in [3.8, 4) is 11.5 Å². The van der Waals surface area contributed by atoms with Crippen molar-refractivity contribution in [3.63, 3.8) is 0 Å². The van der Waals surface area contributed by atoms with Crippen LogP contribution in [0.3, 0.4) is 0 Å². The topological polar surface area (TPSA) is 81.8 Å². The van der Waals surface area contributed by atoms with Crippen LogP contribution in [0.1, 0.15) is 82.8 Å². The summed E-state index contributed by atoms with van der Waals surface area (Å²) in [6.07, 6.45) is 9.92. The summed E-state index contributed by atoms with van der Waals surface area (Å²) >= 11 is 0. The van der Waals surface area contributed by atoms with Crippen LogP contribution in [0.25, 0.3) is 0 Å².